The molecule has 3 aromatic heterocycles. The van der Waals surface area contributed by atoms with Gasteiger partial charge in [0.2, 0.25) is 5.91 Å². The van der Waals surface area contributed by atoms with Crippen LogP contribution in [0.2, 0.25) is 0 Å². The first-order valence-corrected chi connectivity index (χ1v) is 9.69. The molecule has 1 aliphatic heterocycles. The van der Waals surface area contributed by atoms with Crippen molar-refractivity contribution >= 4 is 11.4 Å². The van der Waals surface area contributed by atoms with E-state index in [1.807, 2.05) is 47.8 Å². The summed E-state index contributed by atoms with van der Waals surface area (Å²) in [6, 6.07) is 2.05. The highest BCUT2D eigenvalue weighted by atomic mass is 16.5. The van der Waals surface area contributed by atoms with Gasteiger partial charge in [-0.1, -0.05) is 0 Å². The van der Waals surface area contributed by atoms with Gasteiger partial charge in [0.15, 0.2) is 0 Å². The van der Waals surface area contributed by atoms with E-state index in [0.717, 1.165) is 28.0 Å². The van der Waals surface area contributed by atoms with E-state index in [-0.39, 0.29) is 23.5 Å². The molecule has 2 unspecified atom stereocenters. The molecule has 1 N–H and O–H groups in total. The van der Waals surface area contributed by atoms with E-state index in [9.17, 15) is 4.79 Å². The number of carbonyl (C=O) groups is 1. The molecule has 0 aliphatic carbocycles. The van der Waals surface area contributed by atoms with E-state index in [2.05, 4.69) is 42.4 Å². The summed E-state index contributed by atoms with van der Waals surface area (Å²) < 4.78 is 10.2. The molecule has 0 aromatic carbocycles. The van der Waals surface area contributed by atoms with E-state index < -0.39 is 0 Å². The summed E-state index contributed by atoms with van der Waals surface area (Å²) in [5, 5.41) is 11.9. The molecule has 1 amide bonds. The number of hydrogen-bond acceptors (Lipinski definition) is 4. The second-order valence-corrected chi connectivity index (χ2v) is 8.65. The molecule has 28 heavy (non-hydrogen) atoms. The monoisotopic (exact) mass is 381 g/mol. The van der Waals surface area contributed by atoms with Crippen LogP contribution in [0, 0.1) is 12.8 Å². The summed E-state index contributed by atoms with van der Waals surface area (Å²) in [7, 11) is 0. The van der Waals surface area contributed by atoms with Gasteiger partial charge in [-0.2, -0.15) is 10.2 Å². The lowest BCUT2D eigenvalue weighted by Gasteiger charge is -2.21. The average molecular weight is 381 g/mol. The molecule has 4 rings (SSSR count). The number of pyridine rings is 1. The molecule has 148 valence electrons. The summed E-state index contributed by atoms with van der Waals surface area (Å²) in [5.74, 6) is 1.04. The minimum absolute atomic E-state index is 0.0791. The normalized spacial score (nSPS) is 18.5. The van der Waals surface area contributed by atoms with Crippen molar-refractivity contribution in [3.05, 3.63) is 36.4 Å². The first kappa shape index (κ1) is 18.5. The molecule has 0 spiro atoms. The molecule has 0 radical (unpaired) electrons. The van der Waals surface area contributed by atoms with Gasteiger partial charge in [0.05, 0.1) is 17.9 Å². The number of amides is 1. The van der Waals surface area contributed by atoms with Crippen LogP contribution < -0.4 is 10.1 Å². The van der Waals surface area contributed by atoms with Crippen molar-refractivity contribution in [2.24, 2.45) is 5.92 Å². The topological polar surface area (TPSA) is 73.5 Å². The van der Waals surface area contributed by atoms with E-state index >= 15 is 0 Å². The Morgan fingerprint density at radius 3 is 2.64 bits per heavy atom. The Morgan fingerprint density at radius 2 is 2.00 bits per heavy atom. The zero-order valence-electron chi connectivity index (χ0n) is 17.1. The van der Waals surface area contributed by atoms with Gasteiger partial charge in [-0.05, 0) is 46.2 Å². The van der Waals surface area contributed by atoms with E-state index in [1.54, 1.807) is 0 Å². The highest BCUT2D eigenvalue weighted by Gasteiger charge is 2.28. The third-order valence-electron chi connectivity index (χ3n) is 5.35. The SMILES string of the molecule is Cc1cnn2cc(-c3cnn(C(C)(C)C)c3)cc(OC(C)C3CNC(=O)C3)c12. The van der Waals surface area contributed by atoms with Crippen LogP contribution in [-0.2, 0) is 10.3 Å². The number of rotatable bonds is 4. The Kier molecular flexibility index (Phi) is 4.40. The fraction of sp³-hybridized carbons (Fsp3) is 0.476. The molecule has 3 aromatic rings. The standard InChI is InChI=1S/C21H27N5O2/c1-13-8-23-25-11-16(17-10-24-26(12-17)21(3,4)5)6-18(20(13)25)28-14(2)15-7-19(27)22-9-15/h6,8,10-12,14-15H,7,9H2,1-5H3,(H,22,27). The predicted molar refractivity (Wildman–Crippen MR) is 107 cm³/mol. The highest BCUT2D eigenvalue weighted by molar-refractivity contribution is 5.78. The lowest BCUT2D eigenvalue weighted by Crippen LogP contribution is -2.25. The second kappa shape index (κ2) is 6.65. The maximum Gasteiger partial charge on any atom is 0.220 e. The van der Waals surface area contributed by atoms with Gasteiger partial charge in [0.25, 0.3) is 0 Å². The molecule has 0 saturated carbocycles. The molecule has 7 nitrogen and oxygen atoms in total. The van der Waals surface area contributed by atoms with Gasteiger partial charge in [-0.3, -0.25) is 9.48 Å². The number of aromatic nitrogens is 4. The van der Waals surface area contributed by atoms with Crippen molar-refractivity contribution < 1.29 is 9.53 Å². The van der Waals surface area contributed by atoms with Crippen LogP contribution in [0.3, 0.4) is 0 Å². The van der Waals surface area contributed by atoms with Crippen LogP contribution in [0.25, 0.3) is 16.6 Å². The Labute approximate surface area is 164 Å². The summed E-state index contributed by atoms with van der Waals surface area (Å²) in [6.07, 6.45) is 8.19. The predicted octanol–water partition coefficient (Wildman–Crippen LogP) is 3.16. The number of nitrogens with one attached hydrogen (secondary N) is 1. The largest absolute Gasteiger partial charge is 0.488 e. The van der Waals surface area contributed by atoms with Crippen LogP contribution in [0.15, 0.2) is 30.9 Å². The maximum absolute atomic E-state index is 11.6. The Hall–Kier alpha value is -2.83. The molecule has 1 fully saturated rings. The van der Waals surface area contributed by atoms with Gasteiger partial charge in [-0.15, -0.1) is 0 Å². The van der Waals surface area contributed by atoms with Crippen molar-refractivity contribution in [2.45, 2.75) is 52.7 Å². The molecule has 2 atom stereocenters. The summed E-state index contributed by atoms with van der Waals surface area (Å²) in [5.41, 5.74) is 3.94. The molecule has 0 bridgehead atoms. The zero-order chi connectivity index (χ0) is 20.1. The quantitative estimate of drug-likeness (QED) is 0.753. The third kappa shape index (κ3) is 3.37. The number of ether oxygens (including phenoxy) is 1. The Balaban J connectivity index is 1.72. The minimum Gasteiger partial charge on any atom is -0.488 e. The van der Waals surface area contributed by atoms with Crippen molar-refractivity contribution in [2.75, 3.05) is 6.54 Å². The average Bonchev–Trinajstić information content (AvgIpc) is 3.34. The van der Waals surface area contributed by atoms with E-state index in [4.69, 9.17) is 4.74 Å². The first-order valence-electron chi connectivity index (χ1n) is 9.69. The molecule has 4 heterocycles. The smallest absolute Gasteiger partial charge is 0.220 e. The minimum atomic E-state index is -0.0828. The lowest BCUT2D eigenvalue weighted by atomic mass is 10.0. The molecular weight excluding hydrogens is 354 g/mol. The zero-order valence-corrected chi connectivity index (χ0v) is 17.1. The van der Waals surface area contributed by atoms with Crippen LogP contribution in [0.1, 0.15) is 39.7 Å². The lowest BCUT2D eigenvalue weighted by molar-refractivity contribution is -0.119. The molecule has 7 heteroatoms. The van der Waals surface area contributed by atoms with Gasteiger partial charge < -0.3 is 10.1 Å². The van der Waals surface area contributed by atoms with Gasteiger partial charge in [0.1, 0.15) is 17.4 Å². The van der Waals surface area contributed by atoms with Gasteiger partial charge in [-0.25, -0.2) is 4.52 Å². The van der Waals surface area contributed by atoms with Crippen molar-refractivity contribution in [1.29, 1.82) is 0 Å². The van der Waals surface area contributed by atoms with Crippen LogP contribution >= 0.6 is 0 Å². The fourth-order valence-corrected chi connectivity index (χ4v) is 3.57. The Bertz CT molecular complexity index is 1030. The third-order valence-corrected chi connectivity index (χ3v) is 5.35. The van der Waals surface area contributed by atoms with Gasteiger partial charge in [0, 0.05) is 42.4 Å². The van der Waals surface area contributed by atoms with Gasteiger partial charge >= 0.3 is 0 Å². The van der Waals surface area contributed by atoms with E-state index in [1.165, 1.54) is 0 Å². The molecule has 1 saturated heterocycles. The number of aryl methyl sites for hydroxylation is 1. The first-order chi connectivity index (χ1) is 13.2. The number of nitrogens with zero attached hydrogens (tertiary/aromatic N) is 4. The van der Waals surface area contributed by atoms with Crippen LogP contribution in [0.5, 0.6) is 5.75 Å². The number of fused-ring (bicyclic) bond motifs is 1. The summed E-state index contributed by atoms with van der Waals surface area (Å²) in [4.78, 5) is 11.6. The summed E-state index contributed by atoms with van der Waals surface area (Å²) >= 11 is 0. The van der Waals surface area contributed by atoms with Crippen molar-refractivity contribution in [1.82, 2.24) is 24.7 Å². The number of carbonyl (C=O) groups excluding carboxylic acids is 1. The van der Waals surface area contributed by atoms with Crippen LogP contribution in [-0.4, -0.2) is 38.0 Å². The summed E-state index contributed by atoms with van der Waals surface area (Å²) in [6.45, 7) is 11.1. The van der Waals surface area contributed by atoms with Crippen molar-refractivity contribution in [3.63, 3.8) is 0 Å². The fourth-order valence-electron chi connectivity index (χ4n) is 3.57. The van der Waals surface area contributed by atoms with E-state index in [0.29, 0.717) is 13.0 Å². The van der Waals surface area contributed by atoms with Crippen LogP contribution in [0.4, 0.5) is 0 Å². The van der Waals surface area contributed by atoms with Crippen molar-refractivity contribution in [3.8, 4) is 16.9 Å². The molecular formula is C21H27N5O2. The second-order valence-electron chi connectivity index (χ2n) is 8.65. The highest BCUT2D eigenvalue weighted by Crippen LogP contribution is 2.32. The Morgan fingerprint density at radius 1 is 1.21 bits per heavy atom. The molecule has 1 aliphatic rings. The maximum atomic E-state index is 11.6. The number of hydrogen-bond donors (Lipinski definition) is 1.